The molecule has 0 saturated carbocycles. The summed E-state index contributed by atoms with van der Waals surface area (Å²) in [6.07, 6.45) is 6.18. The van der Waals surface area contributed by atoms with Gasteiger partial charge in [0.1, 0.15) is 0 Å². The van der Waals surface area contributed by atoms with E-state index < -0.39 is 0 Å². The summed E-state index contributed by atoms with van der Waals surface area (Å²) in [7, 11) is 0. The van der Waals surface area contributed by atoms with Crippen LogP contribution in [0.5, 0.6) is 0 Å². The molecule has 1 aromatic carbocycles. The van der Waals surface area contributed by atoms with Crippen molar-refractivity contribution in [1.29, 1.82) is 0 Å². The zero-order chi connectivity index (χ0) is 18.4. The van der Waals surface area contributed by atoms with Crippen LogP contribution in [0.4, 0.5) is 0 Å². The predicted octanol–water partition coefficient (Wildman–Crippen LogP) is 3.34. The fourth-order valence-electron chi connectivity index (χ4n) is 2.74. The first-order valence-corrected chi connectivity index (χ1v) is 9.52. The van der Waals surface area contributed by atoms with Crippen LogP contribution in [-0.2, 0) is 11.2 Å². The van der Waals surface area contributed by atoms with Crippen LogP contribution >= 0.6 is 11.8 Å². The van der Waals surface area contributed by atoms with Gasteiger partial charge in [0.25, 0.3) is 0 Å². The molecule has 0 aliphatic heterocycles. The summed E-state index contributed by atoms with van der Waals surface area (Å²) in [6.45, 7) is 4.74. The van der Waals surface area contributed by atoms with E-state index in [9.17, 15) is 4.79 Å². The largest absolute Gasteiger partial charge is 0.355 e. The van der Waals surface area contributed by atoms with Crippen LogP contribution in [0.15, 0.2) is 60.1 Å². The average molecular weight is 366 g/mol. The molecule has 0 unspecified atom stereocenters. The number of hydrogen-bond donors (Lipinski definition) is 1. The Kier molecular flexibility index (Phi) is 6.07. The average Bonchev–Trinajstić information content (AvgIpc) is 3.09. The van der Waals surface area contributed by atoms with Crippen molar-refractivity contribution in [3.05, 3.63) is 71.8 Å². The summed E-state index contributed by atoms with van der Waals surface area (Å²) in [5, 5.41) is 3.75. The van der Waals surface area contributed by atoms with Crippen molar-refractivity contribution < 1.29 is 4.79 Å². The summed E-state index contributed by atoms with van der Waals surface area (Å²) < 4.78 is 2.02. The van der Waals surface area contributed by atoms with E-state index in [1.165, 1.54) is 22.9 Å². The summed E-state index contributed by atoms with van der Waals surface area (Å²) in [4.78, 5) is 20.7. The number of imidazole rings is 1. The minimum Gasteiger partial charge on any atom is -0.355 e. The van der Waals surface area contributed by atoms with Crippen molar-refractivity contribution >= 4 is 17.7 Å². The van der Waals surface area contributed by atoms with Crippen molar-refractivity contribution in [2.24, 2.45) is 0 Å². The van der Waals surface area contributed by atoms with Gasteiger partial charge in [-0.2, -0.15) is 0 Å². The molecule has 0 saturated heterocycles. The van der Waals surface area contributed by atoms with Gasteiger partial charge in [-0.1, -0.05) is 23.9 Å². The number of benzene rings is 1. The summed E-state index contributed by atoms with van der Waals surface area (Å²) in [5.74, 6) is 0.338. The van der Waals surface area contributed by atoms with Gasteiger partial charge >= 0.3 is 0 Å². The molecule has 3 aromatic rings. The van der Waals surface area contributed by atoms with Crippen molar-refractivity contribution in [2.75, 3.05) is 12.3 Å². The first kappa shape index (κ1) is 18.2. The van der Waals surface area contributed by atoms with Crippen LogP contribution in [0.2, 0.25) is 0 Å². The Morgan fingerprint density at radius 3 is 2.65 bits per heavy atom. The summed E-state index contributed by atoms with van der Waals surface area (Å²) in [5.41, 5.74) is 4.46. The first-order valence-electron chi connectivity index (χ1n) is 8.53. The van der Waals surface area contributed by atoms with Crippen molar-refractivity contribution in [3.8, 4) is 5.69 Å². The third-order valence-electron chi connectivity index (χ3n) is 3.85. The number of pyridine rings is 1. The predicted molar refractivity (Wildman–Crippen MR) is 105 cm³/mol. The minimum atomic E-state index is 0.000837. The molecule has 2 aromatic heterocycles. The number of amides is 1. The number of thioether (sulfide) groups is 1. The van der Waals surface area contributed by atoms with Gasteiger partial charge in [-0.3, -0.25) is 14.3 Å². The van der Waals surface area contributed by atoms with Gasteiger partial charge in [-0.15, -0.1) is 0 Å². The van der Waals surface area contributed by atoms with E-state index in [0.717, 1.165) is 23.0 Å². The topological polar surface area (TPSA) is 59.8 Å². The van der Waals surface area contributed by atoms with Crippen LogP contribution < -0.4 is 5.32 Å². The Hall–Kier alpha value is -2.60. The smallest absolute Gasteiger partial charge is 0.230 e. The Bertz CT molecular complexity index is 856. The van der Waals surface area contributed by atoms with E-state index in [1.807, 2.05) is 29.0 Å². The number of aryl methyl sites for hydroxylation is 2. The van der Waals surface area contributed by atoms with E-state index >= 15 is 0 Å². The number of carbonyl (C=O) groups excluding carboxylic acids is 1. The van der Waals surface area contributed by atoms with Crippen LogP contribution in [0.1, 0.15) is 16.8 Å². The maximum absolute atomic E-state index is 12.1. The van der Waals surface area contributed by atoms with Gasteiger partial charge in [-0.25, -0.2) is 4.98 Å². The summed E-state index contributed by atoms with van der Waals surface area (Å²) >= 11 is 1.44. The molecular weight excluding hydrogens is 344 g/mol. The van der Waals surface area contributed by atoms with Crippen LogP contribution in [0, 0.1) is 13.8 Å². The molecule has 2 heterocycles. The van der Waals surface area contributed by atoms with Gasteiger partial charge in [0.05, 0.1) is 5.75 Å². The van der Waals surface area contributed by atoms with Gasteiger partial charge in [-0.05, 0) is 49.2 Å². The normalized spacial score (nSPS) is 10.7. The van der Waals surface area contributed by atoms with E-state index in [-0.39, 0.29) is 5.91 Å². The molecule has 0 bridgehead atoms. The molecular formula is C20H22N4OS. The highest BCUT2D eigenvalue weighted by molar-refractivity contribution is 7.99. The van der Waals surface area contributed by atoms with Crippen molar-refractivity contribution in [3.63, 3.8) is 0 Å². The second-order valence-corrected chi connectivity index (χ2v) is 7.08. The van der Waals surface area contributed by atoms with Crippen molar-refractivity contribution in [2.45, 2.75) is 25.4 Å². The lowest BCUT2D eigenvalue weighted by atomic mass is 10.1. The van der Waals surface area contributed by atoms with Crippen LogP contribution in [0.3, 0.4) is 0 Å². The lowest BCUT2D eigenvalue weighted by molar-refractivity contribution is -0.118. The van der Waals surface area contributed by atoms with Crippen molar-refractivity contribution in [1.82, 2.24) is 19.9 Å². The molecule has 0 spiro atoms. The third-order valence-corrected chi connectivity index (χ3v) is 4.82. The zero-order valence-electron chi connectivity index (χ0n) is 15.0. The summed E-state index contributed by atoms with van der Waals surface area (Å²) in [6, 6.07) is 12.2. The zero-order valence-corrected chi connectivity index (χ0v) is 15.8. The number of rotatable bonds is 7. The fraction of sp³-hybridized carbons (Fsp3) is 0.250. The lowest BCUT2D eigenvalue weighted by Crippen LogP contribution is -2.27. The molecule has 0 atom stereocenters. The molecule has 5 nitrogen and oxygen atoms in total. The van der Waals surface area contributed by atoms with E-state index in [2.05, 4.69) is 47.3 Å². The van der Waals surface area contributed by atoms with Gasteiger partial charge < -0.3 is 5.32 Å². The number of nitrogens with one attached hydrogen (secondary N) is 1. The number of carbonyl (C=O) groups is 1. The SMILES string of the molecule is Cc1cc(C)cc(-n2ccnc2SCC(=O)NCCc2ccccn2)c1. The Balaban J connectivity index is 1.54. The van der Waals surface area contributed by atoms with Gasteiger partial charge in [0, 0.05) is 42.9 Å². The highest BCUT2D eigenvalue weighted by atomic mass is 32.2. The Morgan fingerprint density at radius 1 is 1.12 bits per heavy atom. The molecule has 1 N–H and O–H groups in total. The van der Waals surface area contributed by atoms with Gasteiger partial charge in [0.15, 0.2) is 5.16 Å². The number of aromatic nitrogens is 3. The van der Waals surface area contributed by atoms with Crippen LogP contribution in [-0.4, -0.2) is 32.7 Å². The maximum atomic E-state index is 12.1. The van der Waals surface area contributed by atoms with Gasteiger partial charge in [0.2, 0.25) is 5.91 Å². The maximum Gasteiger partial charge on any atom is 0.230 e. The molecule has 6 heteroatoms. The second kappa shape index (κ2) is 8.67. The Labute approximate surface area is 157 Å². The monoisotopic (exact) mass is 366 g/mol. The molecule has 0 radical (unpaired) electrons. The van der Waals surface area contributed by atoms with Crippen LogP contribution in [0.25, 0.3) is 5.69 Å². The highest BCUT2D eigenvalue weighted by Gasteiger charge is 2.09. The number of nitrogens with zero attached hydrogens (tertiary/aromatic N) is 3. The second-order valence-electron chi connectivity index (χ2n) is 6.14. The molecule has 26 heavy (non-hydrogen) atoms. The molecule has 1 amide bonds. The standard InChI is InChI=1S/C20H22N4OS/c1-15-11-16(2)13-18(12-15)24-10-9-23-20(24)26-14-19(25)22-8-6-17-5-3-4-7-21-17/h3-5,7,9-13H,6,8,14H2,1-2H3,(H,22,25). The van der Waals surface area contributed by atoms with E-state index in [4.69, 9.17) is 0 Å². The molecule has 3 rings (SSSR count). The quantitative estimate of drug-likeness (QED) is 0.652. The van der Waals surface area contributed by atoms with E-state index in [1.54, 1.807) is 12.4 Å². The highest BCUT2D eigenvalue weighted by Crippen LogP contribution is 2.22. The molecule has 134 valence electrons. The lowest BCUT2D eigenvalue weighted by Gasteiger charge is -2.10. The Morgan fingerprint density at radius 2 is 1.92 bits per heavy atom. The fourth-order valence-corrected chi connectivity index (χ4v) is 3.54. The third kappa shape index (κ3) is 4.95. The molecule has 0 fully saturated rings. The number of hydrogen-bond acceptors (Lipinski definition) is 4. The first-order chi connectivity index (χ1) is 12.6. The minimum absolute atomic E-state index is 0.000837. The van der Waals surface area contributed by atoms with E-state index in [0.29, 0.717) is 12.3 Å². The molecule has 0 aliphatic rings. The molecule has 0 aliphatic carbocycles.